The number of carbonyl (C=O) groups excluding carboxylic acids is 3. The number of fused-ring (bicyclic) bond motifs is 1. The number of ether oxygens (including phenoxy) is 2. The molecule has 1 aromatic carbocycles. The number of carbonyl (C=O) groups is 3. The van der Waals surface area contributed by atoms with Crippen molar-refractivity contribution in [3.63, 3.8) is 0 Å². The number of benzene rings is 1. The monoisotopic (exact) mass is 388 g/mol. The molecule has 3 rings (SSSR count). The second-order valence-electron chi connectivity index (χ2n) is 7.07. The molecule has 2 aliphatic rings. The molecule has 3 atom stereocenters. The number of amides is 1. The van der Waals surface area contributed by atoms with E-state index in [9.17, 15) is 14.4 Å². The molecule has 0 N–H and O–H groups in total. The van der Waals surface area contributed by atoms with Gasteiger partial charge in [-0.2, -0.15) is 0 Å². The SMILES string of the molecule is [C-]#[N+][C@]1(CC(=O)OC)C(=O)N2[C@@H](C(=O)OCc3ccccc3)C(C)(C)S[C@@H]21. The van der Waals surface area contributed by atoms with E-state index in [1.807, 2.05) is 44.2 Å². The number of methoxy groups -OCH3 is 1. The van der Waals surface area contributed by atoms with Crippen molar-refractivity contribution in [3.8, 4) is 0 Å². The van der Waals surface area contributed by atoms with E-state index in [0.717, 1.165) is 5.56 Å². The highest BCUT2D eigenvalue weighted by molar-refractivity contribution is 8.01. The first-order chi connectivity index (χ1) is 12.8. The van der Waals surface area contributed by atoms with Crippen LogP contribution in [0.15, 0.2) is 30.3 Å². The van der Waals surface area contributed by atoms with Crippen molar-refractivity contribution in [2.45, 2.75) is 48.6 Å². The lowest BCUT2D eigenvalue weighted by Gasteiger charge is -2.44. The minimum atomic E-state index is -1.51. The molecular formula is C19H20N2O5S. The molecule has 0 bridgehead atoms. The van der Waals surface area contributed by atoms with Crippen LogP contribution in [0.2, 0.25) is 0 Å². The third kappa shape index (κ3) is 3.06. The Labute approximate surface area is 161 Å². The van der Waals surface area contributed by atoms with Crippen molar-refractivity contribution >= 4 is 29.6 Å². The molecular weight excluding hydrogens is 368 g/mol. The highest BCUT2D eigenvalue weighted by atomic mass is 32.2. The molecule has 0 spiro atoms. The predicted octanol–water partition coefficient (Wildman–Crippen LogP) is 2.01. The minimum absolute atomic E-state index is 0.111. The fraction of sp³-hybridized carbons (Fsp3) is 0.474. The van der Waals surface area contributed by atoms with Gasteiger partial charge >= 0.3 is 23.4 Å². The van der Waals surface area contributed by atoms with E-state index in [1.54, 1.807) is 0 Å². The van der Waals surface area contributed by atoms with E-state index >= 15 is 0 Å². The lowest BCUT2D eigenvalue weighted by Crippen LogP contribution is -2.72. The molecule has 0 radical (unpaired) electrons. The van der Waals surface area contributed by atoms with Gasteiger partial charge < -0.3 is 9.47 Å². The number of esters is 2. The van der Waals surface area contributed by atoms with Gasteiger partial charge in [0.05, 0.1) is 7.11 Å². The van der Waals surface area contributed by atoms with E-state index in [2.05, 4.69) is 9.58 Å². The van der Waals surface area contributed by atoms with Crippen molar-refractivity contribution in [1.29, 1.82) is 0 Å². The van der Waals surface area contributed by atoms with E-state index in [1.165, 1.54) is 23.8 Å². The fourth-order valence-corrected chi connectivity index (χ4v) is 5.17. The summed E-state index contributed by atoms with van der Waals surface area (Å²) in [6, 6.07) is 8.46. The molecule has 0 unspecified atom stereocenters. The molecule has 0 aliphatic carbocycles. The van der Waals surface area contributed by atoms with Gasteiger partial charge in [0, 0.05) is 4.75 Å². The highest BCUT2D eigenvalue weighted by Crippen LogP contribution is 2.57. The van der Waals surface area contributed by atoms with Crippen LogP contribution in [0, 0.1) is 6.57 Å². The summed E-state index contributed by atoms with van der Waals surface area (Å²) in [5.74, 6) is -1.65. The molecule has 2 aliphatic heterocycles. The summed E-state index contributed by atoms with van der Waals surface area (Å²) >= 11 is 1.35. The van der Waals surface area contributed by atoms with Gasteiger partial charge in [-0.25, -0.2) is 11.4 Å². The second-order valence-corrected chi connectivity index (χ2v) is 8.81. The van der Waals surface area contributed by atoms with Gasteiger partial charge in [0.2, 0.25) is 0 Å². The highest BCUT2D eigenvalue weighted by Gasteiger charge is 2.77. The maximum absolute atomic E-state index is 12.8. The molecule has 1 amide bonds. The van der Waals surface area contributed by atoms with Crippen LogP contribution in [0.25, 0.3) is 4.85 Å². The number of rotatable bonds is 5. The summed E-state index contributed by atoms with van der Waals surface area (Å²) in [5, 5.41) is -0.578. The van der Waals surface area contributed by atoms with Crippen molar-refractivity contribution in [2.75, 3.05) is 7.11 Å². The van der Waals surface area contributed by atoms with Crippen LogP contribution < -0.4 is 0 Å². The maximum Gasteiger partial charge on any atom is 0.348 e. The Morgan fingerprint density at radius 3 is 2.56 bits per heavy atom. The minimum Gasteiger partial charge on any atom is -0.469 e. The normalized spacial score (nSPS) is 27.9. The summed E-state index contributed by atoms with van der Waals surface area (Å²) in [7, 11) is 1.22. The molecule has 1 aromatic rings. The van der Waals surface area contributed by atoms with Gasteiger partial charge in [-0.1, -0.05) is 30.3 Å². The number of β-lactam (4-membered cyclic amide) rings is 1. The van der Waals surface area contributed by atoms with Gasteiger partial charge in [-0.3, -0.25) is 19.3 Å². The molecule has 0 saturated carbocycles. The number of thioether (sulfide) groups is 1. The van der Waals surface area contributed by atoms with Crippen LogP contribution in [-0.2, 0) is 30.5 Å². The molecule has 8 heteroatoms. The third-order valence-electron chi connectivity index (χ3n) is 4.91. The van der Waals surface area contributed by atoms with Gasteiger partial charge in [-0.05, 0) is 19.4 Å². The summed E-state index contributed by atoms with van der Waals surface area (Å²) in [6.45, 7) is 11.3. The standard InChI is InChI=1S/C19H20N2O5S/c1-18(2)14(15(23)26-11-12-8-6-5-7-9-12)21-16(24)19(20-3,17(21)27-18)10-13(22)25-4/h5-9,14,17H,10-11H2,1-2,4H3/t14-,17+,19+/m0/s1. The topological polar surface area (TPSA) is 77.3 Å². The van der Waals surface area contributed by atoms with E-state index in [0.29, 0.717) is 0 Å². The Bertz CT molecular complexity index is 819. The number of hydrogen-bond donors (Lipinski definition) is 0. The summed E-state index contributed by atoms with van der Waals surface area (Å²) in [4.78, 5) is 42.1. The van der Waals surface area contributed by atoms with Crippen LogP contribution in [0.3, 0.4) is 0 Å². The number of nitrogens with zero attached hydrogens (tertiary/aromatic N) is 2. The zero-order valence-electron chi connectivity index (χ0n) is 15.3. The fourth-order valence-electron chi connectivity index (χ4n) is 3.50. The Morgan fingerprint density at radius 1 is 1.30 bits per heavy atom. The average molecular weight is 388 g/mol. The summed E-state index contributed by atoms with van der Waals surface area (Å²) in [5.41, 5.74) is -0.661. The predicted molar refractivity (Wildman–Crippen MR) is 98.3 cm³/mol. The largest absolute Gasteiger partial charge is 0.469 e. The Kier molecular flexibility index (Phi) is 4.91. The van der Waals surface area contributed by atoms with Crippen molar-refractivity contribution in [3.05, 3.63) is 47.3 Å². The zero-order chi connectivity index (χ0) is 19.8. The van der Waals surface area contributed by atoms with Gasteiger partial charge in [0.1, 0.15) is 19.1 Å². The van der Waals surface area contributed by atoms with Crippen LogP contribution >= 0.6 is 11.8 Å². The average Bonchev–Trinajstić information content (AvgIpc) is 2.93. The van der Waals surface area contributed by atoms with E-state index < -0.39 is 39.5 Å². The molecule has 27 heavy (non-hydrogen) atoms. The lowest BCUT2D eigenvalue weighted by molar-refractivity contribution is -0.169. The van der Waals surface area contributed by atoms with E-state index in [-0.39, 0.29) is 13.0 Å². The molecule has 2 fully saturated rings. The maximum atomic E-state index is 12.8. The van der Waals surface area contributed by atoms with Crippen LogP contribution in [0.4, 0.5) is 0 Å². The van der Waals surface area contributed by atoms with Crippen LogP contribution in [0.1, 0.15) is 25.8 Å². The van der Waals surface area contributed by atoms with Gasteiger partial charge in [0.15, 0.2) is 5.37 Å². The van der Waals surface area contributed by atoms with E-state index in [4.69, 9.17) is 11.3 Å². The molecule has 2 heterocycles. The smallest absolute Gasteiger partial charge is 0.348 e. The van der Waals surface area contributed by atoms with Crippen LogP contribution in [-0.4, -0.2) is 51.6 Å². The second kappa shape index (κ2) is 6.89. The first-order valence-electron chi connectivity index (χ1n) is 8.43. The molecule has 142 valence electrons. The van der Waals surface area contributed by atoms with Crippen molar-refractivity contribution in [2.24, 2.45) is 0 Å². The Morgan fingerprint density at radius 2 is 1.96 bits per heavy atom. The van der Waals surface area contributed by atoms with Gasteiger partial charge in [-0.15, -0.1) is 11.8 Å². The van der Waals surface area contributed by atoms with Crippen LogP contribution in [0.5, 0.6) is 0 Å². The first kappa shape index (κ1) is 19.2. The summed E-state index contributed by atoms with van der Waals surface area (Å²) in [6.07, 6.45) is -0.318. The Hall–Kier alpha value is -2.53. The molecule has 0 aromatic heterocycles. The molecule has 7 nitrogen and oxygen atoms in total. The number of hydrogen-bond acceptors (Lipinski definition) is 6. The lowest BCUT2D eigenvalue weighted by atomic mass is 9.82. The Balaban J connectivity index is 1.78. The third-order valence-corrected chi connectivity index (χ3v) is 6.58. The van der Waals surface area contributed by atoms with Gasteiger partial charge in [0.25, 0.3) is 0 Å². The zero-order valence-corrected chi connectivity index (χ0v) is 16.1. The first-order valence-corrected chi connectivity index (χ1v) is 9.31. The van der Waals surface area contributed by atoms with Crippen molar-refractivity contribution < 1.29 is 23.9 Å². The quantitative estimate of drug-likeness (QED) is 0.436. The van der Waals surface area contributed by atoms with Crippen molar-refractivity contribution in [1.82, 2.24) is 4.90 Å². The molecule has 2 saturated heterocycles. The summed E-state index contributed by atoms with van der Waals surface area (Å²) < 4.78 is 9.44.